The van der Waals surface area contributed by atoms with Crippen molar-refractivity contribution in [2.45, 2.75) is 18.4 Å². The molecule has 10 heteroatoms. The molecule has 1 aromatic carbocycles. The van der Waals surface area contributed by atoms with Gasteiger partial charge in [0.15, 0.2) is 0 Å². The molecule has 146 valence electrons. The molecule has 0 saturated heterocycles. The van der Waals surface area contributed by atoms with E-state index in [-0.39, 0.29) is 5.56 Å². The van der Waals surface area contributed by atoms with Crippen molar-refractivity contribution in [3.8, 4) is 0 Å². The lowest BCUT2D eigenvalue weighted by Crippen LogP contribution is -2.30. The van der Waals surface area contributed by atoms with Crippen LogP contribution in [0.2, 0.25) is 0 Å². The van der Waals surface area contributed by atoms with Crippen LogP contribution in [0.3, 0.4) is 0 Å². The molecule has 1 atom stereocenters. The molecule has 0 bridgehead atoms. The highest BCUT2D eigenvalue weighted by atomic mass is 32.1. The van der Waals surface area contributed by atoms with E-state index in [0.29, 0.717) is 16.4 Å². The Bertz CT molecular complexity index is 825. The molecule has 0 N–H and O–H groups in total. The highest BCUT2D eigenvalue weighted by Gasteiger charge is 2.43. The monoisotopic (exact) mass is 407 g/mol. The van der Waals surface area contributed by atoms with Gasteiger partial charge in [0, 0.05) is 18.6 Å². The van der Waals surface area contributed by atoms with Crippen LogP contribution in [0.25, 0.3) is 5.65 Å². The lowest BCUT2D eigenvalue weighted by molar-refractivity contribution is -0.169. The summed E-state index contributed by atoms with van der Waals surface area (Å²) >= 11 is 3.57. The van der Waals surface area contributed by atoms with Crippen LogP contribution >= 0.6 is 12.8 Å². The molecule has 0 saturated carbocycles. The van der Waals surface area contributed by atoms with Gasteiger partial charge in [-0.05, 0) is 36.9 Å². The quantitative estimate of drug-likeness (QED) is 0.452. The summed E-state index contributed by atoms with van der Waals surface area (Å²) in [5.74, 6) is 0. The van der Waals surface area contributed by atoms with Gasteiger partial charge in [-0.15, -0.1) is 0 Å². The van der Waals surface area contributed by atoms with Crippen LogP contribution in [0.5, 0.6) is 0 Å². The molecule has 0 aliphatic carbocycles. The molecule has 3 aromatic rings. The number of rotatable bonds is 2. The Kier molecular flexibility index (Phi) is 6.42. The van der Waals surface area contributed by atoms with Gasteiger partial charge in [-0.1, -0.05) is 31.0 Å². The minimum atomic E-state index is -4.61. The molecular formula is C17H15F6N3S. The van der Waals surface area contributed by atoms with Crippen molar-refractivity contribution in [3.05, 3.63) is 72.2 Å². The molecule has 0 aliphatic heterocycles. The number of pyridine rings is 1. The third-order valence-electron chi connectivity index (χ3n) is 3.54. The first-order chi connectivity index (χ1) is 12.5. The molecule has 0 fully saturated rings. The van der Waals surface area contributed by atoms with E-state index in [1.165, 1.54) is 0 Å². The first-order valence-corrected chi connectivity index (χ1v) is 7.93. The Hall–Kier alpha value is -2.20. The molecule has 0 amide bonds. The van der Waals surface area contributed by atoms with E-state index in [2.05, 4.69) is 17.8 Å². The summed E-state index contributed by atoms with van der Waals surface area (Å²) in [6.07, 6.45) is -3.50. The fourth-order valence-corrected chi connectivity index (χ4v) is 2.60. The first kappa shape index (κ1) is 21.1. The number of alkyl halides is 6. The van der Waals surface area contributed by atoms with Gasteiger partial charge in [0.05, 0.1) is 5.56 Å². The van der Waals surface area contributed by atoms with Crippen LogP contribution < -0.4 is 0 Å². The van der Waals surface area contributed by atoms with Crippen molar-refractivity contribution >= 4 is 18.5 Å². The second-order valence-corrected chi connectivity index (χ2v) is 6.16. The van der Waals surface area contributed by atoms with Crippen LogP contribution in [0.1, 0.15) is 17.2 Å². The SMILES string of the molecule is CN(S)C(c1ccc(C(F)(F)F)cc1)C(F)(F)F.c1ccn2ccnc2c1. The van der Waals surface area contributed by atoms with E-state index >= 15 is 0 Å². The molecule has 2 aromatic heterocycles. The largest absolute Gasteiger partial charge is 0.416 e. The van der Waals surface area contributed by atoms with E-state index in [4.69, 9.17) is 0 Å². The maximum Gasteiger partial charge on any atom is 0.416 e. The zero-order valence-electron chi connectivity index (χ0n) is 13.9. The molecule has 0 aliphatic rings. The second kappa shape index (κ2) is 8.22. The van der Waals surface area contributed by atoms with Gasteiger partial charge in [-0.25, -0.2) is 9.29 Å². The number of halogens is 6. The summed E-state index contributed by atoms with van der Waals surface area (Å²) in [7, 11) is 1.08. The number of imidazole rings is 1. The van der Waals surface area contributed by atoms with Crippen LogP contribution in [-0.2, 0) is 6.18 Å². The molecule has 3 rings (SSSR count). The lowest BCUT2D eigenvalue weighted by Gasteiger charge is -2.26. The number of aromatic nitrogens is 2. The molecule has 1 unspecified atom stereocenters. The lowest BCUT2D eigenvalue weighted by atomic mass is 10.0. The Balaban J connectivity index is 0.000000239. The van der Waals surface area contributed by atoms with Crippen molar-refractivity contribution in [2.24, 2.45) is 0 Å². The predicted molar refractivity (Wildman–Crippen MR) is 92.2 cm³/mol. The van der Waals surface area contributed by atoms with Crippen molar-refractivity contribution in [2.75, 3.05) is 7.05 Å². The Morgan fingerprint density at radius 2 is 1.59 bits per heavy atom. The van der Waals surface area contributed by atoms with Gasteiger partial charge in [0.2, 0.25) is 0 Å². The van der Waals surface area contributed by atoms with Crippen molar-refractivity contribution in [1.29, 1.82) is 0 Å². The third-order valence-corrected chi connectivity index (χ3v) is 3.77. The number of fused-ring (bicyclic) bond motifs is 1. The number of hydrogen-bond donors (Lipinski definition) is 1. The van der Waals surface area contributed by atoms with E-state index in [1.54, 1.807) is 6.20 Å². The predicted octanol–water partition coefficient (Wildman–Crippen LogP) is 5.42. The number of benzene rings is 1. The molecule has 0 radical (unpaired) electrons. The molecular weight excluding hydrogens is 392 g/mol. The average Bonchev–Trinajstić information content (AvgIpc) is 3.02. The summed E-state index contributed by atoms with van der Waals surface area (Å²) in [5, 5.41) is 0. The van der Waals surface area contributed by atoms with E-state index in [0.717, 1.165) is 24.8 Å². The Labute approximate surface area is 156 Å². The Morgan fingerprint density at radius 1 is 0.963 bits per heavy atom. The average molecular weight is 407 g/mol. The van der Waals surface area contributed by atoms with Gasteiger partial charge >= 0.3 is 12.4 Å². The van der Waals surface area contributed by atoms with Gasteiger partial charge in [0.25, 0.3) is 0 Å². The van der Waals surface area contributed by atoms with Crippen molar-refractivity contribution in [1.82, 2.24) is 13.7 Å². The molecule has 2 heterocycles. The standard InChI is InChI=1S/C10H9F6NS.C7H6N2/c1-17(18)8(10(14,15)16)6-2-4-7(5-3-6)9(11,12)13;1-2-5-9-6-4-8-7(9)3-1/h2-5,8,18H,1H3;1-6H. The smallest absolute Gasteiger partial charge is 0.307 e. The highest BCUT2D eigenvalue weighted by Crippen LogP contribution is 2.38. The second-order valence-electron chi connectivity index (χ2n) is 5.53. The minimum absolute atomic E-state index is 0.298. The maximum atomic E-state index is 12.7. The zero-order valence-corrected chi connectivity index (χ0v) is 14.8. The van der Waals surface area contributed by atoms with Crippen LogP contribution in [0, 0.1) is 0 Å². The van der Waals surface area contributed by atoms with E-state index < -0.39 is 24.0 Å². The van der Waals surface area contributed by atoms with E-state index in [9.17, 15) is 26.3 Å². The fraction of sp³-hybridized carbons (Fsp3) is 0.235. The summed E-state index contributed by atoms with van der Waals surface area (Å²) in [4.78, 5) is 4.08. The van der Waals surface area contributed by atoms with Gasteiger partial charge < -0.3 is 4.40 Å². The zero-order chi connectivity index (χ0) is 20.2. The van der Waals surface area contributed by atoms with Crippen LogP contribution in [0.15, 0.2) is 61.1 Å². The fourth-order valence-electron chi connectivity index (χ4n) is 2.33. The normalized spacial score (nSPS) is 13.4. The van der Waals surface area contributed by atoms with E-state index in [1.807, 2.05) is 35.0 Å². The topological polar surface area (TPSA) is 20.5 Å². The van der Waals surface area contributed by atoms with Crippen LogP contribution in [0.4, 0.5) is 26.3 Å². The van der Waals surface area contributed by atoms with Gasteiger partial charge in [-0.3, -0.25) is 0 Å². The highest BCUT2D eigenvalue weighted by molar-refractivity contribution is 7.77. The minimum Gasteiger partial charge on any atom is -0.307 e. The number of nitrogens with zero attached hydrogens (tertiary/aromatic N) is 3. The summed E-state index contributed by atoms with van der Waals surface area (Å²) in [6.45, 7) is 0. The third kappa shape index (κ3) is 5.64. The van der Waals surface area contributed by atoms with Crippen molar-refractivity contribution < 1.29 is 26.3 Å². The van der Waals surface area contributed by atoms with Gasteiger partial charge in [-0.2, -0.15) is 26.3 Å². The van der Waals surface area contributed by atoms with Gasteiger partial charge in [0.1, 0.15) is 11.7 Å². The first-order valence-electron chi connectivity index (χ1n) is 7.53. The number of thiol groups is 1. The van der Waals surface area contributed by atoms with Crippen LogP contribution in [-0.4, -0.2) is 26.9 Å². The summed E-state index contributed by atoms with van der Waals surface area (Å²) in [6, 6.07) is 6.71. The molecule has 3 nitrogen and oxygen atoms in total. The molecule has 0 spiro atoms. The van der Waals surface area contributed by atoms with Crippen molar-refractivity contribution in [3.63, 3.8) is 0 Å². The summed E-state index contributed by atoms with van der Waals surface area (Å²) in [5.41, 5.74) is -0.292. The summed E-state index contributed by atoms with van der Waals surface area (Å²) < 4.78 is 77.4. The maximum absolute atomic E-state index is 12.7. The number of hydrogen-bond acceptors (Lipinski definition) is 3. The Morgan fingerprint density at radius 3 is 2.07 bits per heavy atom. The molecule has 27 heavy (non-hydrogen) atoms.